The molecular weight excluding hydrogens is 219 g/mol. The summed E-state index contributed by atoms with van der Waals surface area (Å²) in [6.45, 7) is 3.63. The lowest BCUT2D eigenvalue weighted by molar-refractivity contribution is 0.250. The summed E-state index contributed by atoms with van der Waals surface area (Å²) in [5.41, 5.74) is 0.0700. The van der Waals surface area contributed by atoms with Crippen molar-refractivity contribution in [3.63, 3.8) is 0 Å². The number of hydrogen-bond donors (Lipinski definition) is 2. The number of urea groups is 1. The molecule has 0 aliphatic carbocycles. The van der Waals surface area contributed by atoms with Gasteiger partial charge < -0.3 is 10.6 Å². The molecule has 2 amide bonds. The molecule has 15 heavy (non-hydrogen) atoms. The molecule has 0 spiro atoms. The standard InChI is InChI=1S/C10H12ClFN2O/c1-6(2)13-10(15)14-8-5-3-4-7(11)9(8)12/h3-6H,1-2H3,(H2,13,14,15). The van der Waals surface area contributed by atoms with Gasteiger partial charge in [-0.3, -0.25) is 0 Å². The number of carbonyl (C=O) groups excluding carboxylic acids is 1. The molecule has 1 rings (SSSR count). The van der Waals surface area contributed by atoms with Gasteiger partial charge in [0.1, 0.15) is 0 Å². The third-order valence-corrected chi connectivity index (χ3v) is 1.91. The van der Waals surface area contributed by atoms with Crippen molar-refractivity contribution in [3.05, 3.63) is 29.0 Å². The normalized spacial score (nSPS) is 10.2. The topological polar surface area (TPSA) is 41.1 Å². The molecule has 0 aliphatic heterocycles. The van der Waals surface area contributed by atoms with E-state index in [-0.39, 0.29) is 16.8 Å². The number of rotatable bonds is 2. The zero-order valence-corrected chi connectivity index (χ0v) is 9.23. The Labute approximate surface area is 92.6 Å². The van der Waals surface area contributed by atoms with Crippen LogP contribution in [0.2, 0.25) is 5.02 Å². The van der Waals surface area contributed by atoms with Crippen LogP contribution in [0, 0.1) is 5.82 Å². The average Bonchev–Trinajstić information content (AvgIpc) is 2.11. The molecular formula is C10H12ClFN2O. The molecule has 0 radical (unpaired) electrons. The third kappa shape index (κ3) is 3.40. The second-order valence-electron chi connectivity index (χ2n) is 3.35. The summed E-state index contributed by atoms with van der Waals surface area (Å²) in [5, 5.41) is 4.93. The monoisotopic (exact) mass is 230 g/mol. The SMILES string of the molecule is CC(C)NC(=O)Nc1cccc(Cl)c1F. The van der Waals surface area contributed by atoms with Gasteiger partial charge in [-0.15, -0.1) is 0 Å². The van der Waals surface area contributed by atoms with Crippen molar-refractivity contribution in [2.24, 2.45) is 0 Å². The molecule has 0 fully saturated rings. The molecule has 0 aromatic heterocycles. The minimum absolute atomic E-state index is 0.00718. The maximum Gasteiger partial charge on any atom is 0.319 e. The molecule has 0 bridgehead atoms. The van der Waals surface area contributed by atoms with Gasteiger partial charge in [0, 0.05) is 6.04 Å². The van der Waals surface area contributed by atoms with Gasteiger partial charge in [0.25, 0.3) is 0 Å². The fourth-order valence-corrected chi connectivity index (χ4v) is 1.20. The summed E-state index contributed by atoms with van der Waals surface area (Å²) in [7, 11) is 0. The van der Waals surface area contributed by atoms with E-state index in [1.54, 1.807) is 6.07 Å². The van der Waals surface area contributed by atoms with E-state index in [1.165, 1.54) is 12.1 Å². The summed E-state index contributed by atoms with van der Waals surface area (Å²) in [6, 6.07) is 3.97. The van der Waals surface area contributed by atoms with Crippen LogP contribution in [0.4, 0.5) is 14.9 Å². The molecule has 0 saturated carbocycles. The van der Waals surface area contributed by atoms with Crippen LogP contribution in [0.5, 0.6) is 0 Å². The Morgan fingerprint density at radius 1 is 1.47 bits per heavy atom. The number of benzene rings is 1. The molecule has 82 valence electrons. The Morgan fingerprint density at radius 3 is 2.73 bits per heavy atom. The highest BCUT2D eigenvalue weighted by atomic mass is 35.5. The van der Waals surface area contributed by atoms with E-state index < -0.39 is 11.8 Å². The van der Waals surface area contributed by atoms with Crippen LogP contribution in [0.25, 0.3) is 0 Å². The summed E-state index contributed by atoms with van der Waals surface area (Å²) in [5.74, 6) is -0.627. The molecule has 0 atom stereocenters. The maximum absolute atomic E-state index is 13.3. The molecule has 1 aromatic carbocycles. The molecule has 0 aliphatic rings. The highest BCUT2D eigenvalue weighted by Gasteiger charge is 2.09. The quantitative estimate of drug-likeness (QED) is 0.806. The summed E-state index contributed by atoms with van der Waals surface area (Å²) < 4.78 is 13.3. The van der Waals surface area contributed by atoms with Crippen molar-refractivity contribution < 1.29 is 9.18 Å². The fourth-order valence-electron chi connectivity index (χ4n) is 1.02. The van der Waals surface area contributed by atoms with Crippen LogP contribution in [-0.2, 0) is 0 Å². The van der Waals surface area contributed by atoms with Gasteiger partial charge in [0.2, 0.25) is 0 Å². The number of anilines is 1. The van der Waals surface area contributed by atoms with E-state index in [1.807, 2.05) is 13.8 Å². The zero-order valence-electron chi connectivity index (χ0n) is 8.47. The number of amides is 2. The van der Waals surface area contributed by atoms with E-state index in [0.717, 1.165) is 0 Å². The minimum Gasteiger partial charge on any atom is -0.336 e. The fraction of sp³-hybridized carbons (Fsp3) is 0.300. The lowest BCUT2D eigenvalue weighted by Gasteiger charge is -2.10. The van der Waals surface area contributed by atoms with E-state index in [4.69, 9.17) is 11.6 Å². The van der Waals surface area contributed by atoms with Crippen molar-refractivity contribution in [3.8, 4) is 0 Å². The van der Waals surface area contributed by atoms with Crippen LogP contribution in [0.1, 0.15) is 13.8 Å². The summed E-state index contributed by atoms with van der Waals surface area (Å²) in [6.07, 6.45) is 0. The Morgan fingerprint density at radius 2 is 2.13 bits per heavy atom. The molecule has 0 saturated heterocycles. The number of carbonyl (C=O) groups is 1. The molecule has 0 unspecified atom stereocenters. The highest BCUT2D eigenvalue weighted by molar-refractivity contribution is 6.31. The summed E-state index contributed by atoms with van der Waals surface area (Å²) >= 11 is 5.56. The van der Waals surface area contributed by atoms with Crippen molar-refractivity contribution in [1.29, 1.82) is 0 Å². The zero-order chi connectivity index (χ0) is 11.4. The molecule has 1 aromatic rings. The van der Waals surface area contributed by atoms with Crippen molar-refractivity contribution in [1.82, 2.24) is 5.32 Å². The van der Waals surface area contributed by atoms with Crippen LogP contribution in [0.3, 0.4) is 0 Å². The third-order valence-electron chi connectivity index (χ3n) is 1.62. The molecule has 5 heteroatoms. The minimum atomic E-state index is -0.627. The number of hydrogen-bond acceptors (Lipinski definition) is 1. The van der Waals surface area contributed by atoms with Gasteiger partial charge in [-0.1, -0.05) is 17.7 Å². The molecule has 0 heterocycles. The smallest absolute Gasteiger partial charge is 0.319 e. The van der Waals surface area contributed by atoms with Crippen molar-refractivity contribution in [2.45, 2.75) is 19.9 Å². The van der Waals surface area contributed by atoms with Crippen LogP contribution in [-0.4, -0.2) is 12.1 Å². The van der Waals surface area contributed by atoms with Crippen LogP contribution < -0.4 is 10.6 Å². The van der Waals surface area contributed by atoms with Crippen molar-refractivity contribution in [2.75, 3.05) is 5.32 Å². The number of halogens is 2. The second kappa shape index (κ2) is 4.98. The lowest BCUT2D eigenvalue weighted by Crippen LogP contribution is -2.34. The van der Waals surface area contributed by atoms with E-state index >= 15 is 0 Å². The van der Waals surface area contributed by atoms with E-state index in [0.29, 0.717) is 0 Å². The Bertz CT molecular complexity index is 368. The van der Waals surface area contributed by atoms with Gasteiger partial charge >= 0.3 is 6.03 Å². The second-order valence-corrected chi connectivity index (χ2v) is 3.76. The molecule has 2 N–H and O–H groups in total. The van der Waals surface area contributed by atoms with E-state index in [2.05, 4.69) is 10.6 Å². The first kappa shape index (κ1) is 11.8. The first-order valence-corrected chi connectivity index (χ1v) is 4.90. The number of nitrogens with one attached hydrogen (secondary N) is 2. The van der Waals surface area contributed by atoms with Gasteiger partial charge in [-0.2, -0.15) is 0 Å². The summed E-state index contributed by atoms with van der Waals surface area (Å²) in [4.78, 5) is 11.3. The first-order chi connectivity index (χ1) is 7.00. The first-order valence-electron chi connectivity index (χ1n) is 4.52. The Balaban J connectivity index is 2.73. The molecule has 3 nitrogen and oxygen atoms in total. The Kier molecular flexibility index (Phi) is 3.91. The Hall–Kier alpha value is -1.29. The van der Waals surface area contributed by atoms with Crippen LogP contribution in [0.15, 0.2) is 18.2 Å². The lowest BCUT2D eigenvalue weighted by atomic mass is 10.3. The van der Waals surface area contributed by atoms with Crippen LogP contribution >= 0.6 is 11.6 Å². The van der Waals surface area contributed by atoms with Gasteiger partial charge in [0.05, 0.1) is 10.7 Å². The van der Waals surface area contributed by atoms with Crippen molar-refractivity contribution >= 4 is 23.3 Å². The van der Waals surface area contributed by atoms with Gasteiger partial charge in [-0.05, 0) is 26.0 Å². The predicted molar refractivity (Wildman–Crippen MR) is 58.7 cm³/mol. The highest BCUT2D eigenvalue weighted by Crippen LogP contribution is 2.21. The van der Waals surface area contributed by atoms with Gasteiger partial charge in [-0.25, -0.2) is 9.18 Å². The van der Waals surface area contributed by atoms with Gasteiger partial charge in [0.15, 0.2) is 5.82 Å². The predicted octanol–water partition coefficient (Wildman–Crippen LogP) is 3.01. The largest absolute Gasteiger partial charge is 0.336 e. The maximum atomic E-state index is 13.3. The average molecular weight is 231 g/mol. The van der Waals surface area contributed by atoms with E-state index in [9.17, 15) is 9.18 Å².